The Bertz CT molecular complexity index is 912. The fraction of sp³-hybridized carbons (Fsp3) is 0.0769. The number of nitro benzene ring substituents is 2. The summed E-state index contributed by atoms with van der Waals surface area (Å²) < 4.78 is 31.7. The number of anilines is 1. The molecule has 126 valence electrons. The van der Waals surface area contributed by atoms with Crippen molar-refractivity contribution in [3.05, 3.63) is 62.7 Å². The molecule has 0 saturated heterocycles. The number of rotatable bonds is 6. The Labute approximate surface area is 136 Å². The minimum absolute atomic E-state index is 0.0886. The van der Waals surface area contributed by atoms with E-state index in [0.29, 0.717) is 0 Å². The maximum Gasteiger partial charge on any atom is 0.293 e. The van der Waals surface area contributed by atoms with Crippen LogP contribution in [0.1, 0.15) is 0 Å². The van der Waals surface area contributed by atoms with Crippen LogP contribution in [0.2, 0.25) is 0 Å². The molecule has 0 spiro atoms. The number of hydrogen-bond acceptors (Lipinski definition) is 7. The highest BCUT2D eigenvalue weighted by Gasteiger charge is 2.27. The lowest BCUT2D eigenvalue weighted by molar-refractivity contribution is -0.387. The number of ether oxygens (including phenoxy) is 1. The van der Waals surface area contributed by atoms with Crippen LogP contribution in [0.5, 0.6) is 5.75 Å². The number of hydrogen-bond donors (Lipinski definition) is 1. The van der Waals surface area contributed by atoms with Crippen molar-refractivity contribution < 1.29 is 23.0 Å². The Kier molecular flexibility index (Phi) is 4.64. The van der Waals surface area contributed by atoms with Gasteiger partial charge in [0.25, 0.3) is 21.4 Å². The molecule has 0 heterocycles. The maximum absolute atomic E-state index is 12.4. The Morgan fingerprint density at radius 2 is 1.75 bits per heavy atom. The number of nitrogens with zero attached hydrogens (tertiary/aromatic N) is 2. The van der Waals surface area contributed by atoms with Crippen molar-refractivity contribution >= 4 is 27.1 Å². The predicted molar refractivity (Wildman–Crippen MR) is 83.6 cm³/mol. The second kappa shape index (κ2) is 6.50. The highest BCUT2D eigenvalue weighted by molar-refractivity contribution is 7.92. The van der Waals surface area contributed by atoms with Crippen molar-refractivity contribution in [3.63, 3.8) is 0 Å². The molecule has 0 fully saturated rings. The van der Waals surface area contributed by atoms with Gasteiger partial charge in [-0.25, -0.2) is 8.42 Å². The zero-order valence-corrected chi connectivity index (χ0v) is 13.0. The van der Waals surface area contributed by atoms with Crippen molar-refractivity contribution in [1.82, 2.24) is 0 Å². The highest BCUT2D eigenvalue weighted by atomic mass is 32.2. The van der Waals surface area contributed by atoms with Gasteiger partial charge in [-0.15, -0.1) is 0 Å². The first-order chi connectivity index (χ1) is 11.2. The van der Waals surface area contributed by atoms with Crippen molar-refractivity contribution in [2.45, 2.75) is 4.90 Å². The second-order valence-corrected chi connectivity index (χ2v) is 6.15. The summed E-state index contributed by atoms with van der Waals surface area (Å²) in [5, 5.41) is 21.8. The molecule has 0 bridgehead atoms. The number of methoxy groups -OCH3 is 1. The van der Waals surface area contributed by atoms with Crippen LogP contribution in [0.4, 0.5) is 17.1 Å². The molecule has 0 amide bonds. The summed E-state index contributed by atoms with van der Waals surface area (Å²) in [6, 6.07) is 8.03. The Balaban J connectivity index is 2.46. The molecule has 0 aliphatic rings. The third-order valence-corrected chi connectivity index (χ3v) is 4.39. The summed E-state index contributed by atoms with van der Waals surface area (Å²) in [6.07, 6.45) is 0. The van der Waals surface area contributed by atoms with Crippen molar-refractivity contribution in [2.75, 3.05) is 11.8 Å². The van der Waals surface area contributed by atoms with Gasteiger partial charge in [0.2, 0.25) is 0 Å². The zero-order valence-electron chi connectivity index (χ0n) is 12.2. The normalized spacial score (nSPS) is 10.9. The minimum atomic E-state index is -4.33. The summed E-state index contributed by atoms with van der Waals surface area (Å²) in [7, 11) is -3.04. The number of nitrogens with one attached hydrogen (secondary N) is 1. The molecule has 0 saturated carbocycles. The first-order valence-electron chi connectivity index (χ1n) is 6.34. The van der Waals surface area contributed by atoms with E-state index < -0.39 is 30.5 Å². The van der Waals surface area contributed by atoms with E-state index >= 15 is 0 Å². The first kappa shape index (κ1) is 17.1. The lowest BCUT2D eigenvalue weighted by Crippen LogP contribution is -2.15. The zero-order chi connectivity index (χ0) is 17.9. The van der Waals surface area contributed by atoms with Crippen LogP contribution in [0, 0.1) is 20.2 Å². The van der Waals surface area contributed by atoms with E-state index in [2.05, 4.69) is 4.72 Å². The maximum atomic E-state index is 12.4. The Hall–Kier alpha value is -3.21. The molecule has 10 nitrogen and oxygen atoms in total. The molecule has 1 N–H and O–H groups in total. The van der Waals surface area contributed by atoms with Crippen LogP contribution in [-0.2, 0) is 10.0 Å². The van der Waals surface area contributed by atoms with E-state index in [4.69, 9.17) is 4.74 Å². The number of sulfonamides is 1. The molecule has 2 aromatic rings. The topological polar surface area (TPSA) is 142 Å². The summed E-state index contributed by atoms with van der Waals surface area (Å²) in [5.41, 5.74) is -1.08. The lowest BCUT2D eigenvalue weighted by Gasteiger charge is -2.09. The van der Waals surface area contributed by atoms with Gasteiger partial charge in [-0.2, -0.15) is 0 Å². The summed E-state index contributed by atoms with van der Waals surface area (Å²) in [5.74, 6) is 0.121. The van der Waals surface area contributed by atoms with Gasteiger partial charge in [0.15, 0.2) is 4.90 Å². The average molecular weight is 353 g/mol. The summed E-state index contributed by atoms with van der Waals surface area (Å²) in [4.78, 5) is 19.7. The van der Waals surface area contributed by atoms with Crippen LogP contribution in [0.15, 0.2) is 47.4 Å². The monoisotopic (exact) mass is 353 g/mol. The molecule has 2 aromatic carbocycles. The standard InChI is InChI=1S/C13H11N3O7S/c1-23-11-5-6-13(12(8-11)16(19)20)24(21,22)14-9-3-2-4-10(7-9)15(17)18/h2-8,14H,1H3. The van der Waals surface area contributed by atoms with Gasteiger partial charge in [-0.1, -0.05) is 6.07 Å². The van der Waals surface area contributed by atoms with E-state index in [-0.39, 0.29) is 17.1 Å². The van der Waals surface area contributed by atoms with Crippen LogP contribution >= 0.6 is 0 Å². The smallest absolute Gasteiger partial charge is 0.293 e. The van der Waals surface area contributed by atoms with E-state index in [1.54, 1.807) is 0 Å². The molecule has 24 heavy (non-hydrogen) atoms. The Morgan fingerprint density at radius 1 is 1.04 bits per heavy atom. The molecule has 0 aromatic heterocycles. The van der Waals surface area contributed by atoms with Crippen molar-refractivity contribution in [1.29, 1.82) is 0 Å². The molecule has 0 atom stereocenters. The molecule has 11 heteroatoms. The molecule has 0 radical (unpaired) electrons. The molecule has 0 unspecified atom stereocenters. The van der Waals surface area contributed by atoms with E-state index in [0.717, 1.165) is 18.2 Å². The van der Waals surface area contributed by atoms with E-state index in [1.165, 1.54) is 31.4 Å². The summed E-state index contributed by atoms with van der Waals surface area (Å²) in [6.45, 7) is 0. The van der Waals surface area contributed by atoms with Gasteiger partial charge in [0, 0.05) is 12.1 Å². The molecule has 2 rings (SSSR count). The van der Waals surface area contributed by atoms with Crippen LogP contribution in [0.3, 0.4) is 0 Å². The van der Waals surface area contributed by atoms with Gasteiger partial charge in [0.05, 0.1) is 28.7 Å². The molecule has 0 aliphatic carbocycles. The number of nitro groups is 2. The quantitative estimate of drug-likeness (QED) is 0.620. The SMILES string of the molecule is COc1ccc(S(=O)(=O)Nc2cccc([N+](=O)[O-])c2)c([N+](=O)[O-])c1. The van der Waals surface area contributed by atoms with Gasteiger partial charge < -0.3 is 4.74 Å². The number of benzene rings is 2. The van der Waals surface area contributed by atoms with Crippen LogP contribution in [0.25, 0.3) is 0 Å². The predicted octanol–water partition coefficient (Wildman–Crippen LogP) is 2.31. The molecular formula is C13H11N3O7S. The van der Waals surface area contributed by atoms with E-state index in [9.17, 15) is 28.6 Å². The van der Waals surface area contributed by atoms with Crippen LogP contribution in [-0.4, -0.2) is 25.4 Å². The van der Waals surface area contributed by atoms with Gasteiger partial charge in [0.1, 0.15) is 5.75 Å². The van der Waals surface area contributed by atoms with Crippen LogP contribution < -0.4 is 9.46 Å². The fourth-order valence-corrected chi connectivity index (χ4v) is 3.09. The fourth-order valence-electron chi connectivity index (χ4n) is 1.89. The minimum Gasteiger partial charge on any atom is -0.497 e. The second-order valence-electron chi connectivity index (χ2n) is 4.50. The highest BCUT2D eigenvalue weighted by Crippen LogP contribution is 2.30. The Morgan fingerprint density at radius 3 is 2.33 bits per heavy atom. The molecule has 0 aliphatic heterocycles. The third kappa shape index (κ3) is 3.57. The number of non-ortho nitro benzene ring substituents is 1. The third-order valence-electron chi connectivity index (χ3n) is 2.96. The van der Waals surface area contributed by atoms with Gasteiger partial charge >= 0.3 is 0 Å². The first-order valence-corrected chi connectivity index (χ1v) is 7.82. The van der Waals surface area contributed by atoms with Gasteiger partial charge in [-0.05, 0) is 18.2 Å². The molecular weight excluding hydrogens is 342 g/mol. The van der Waals surface area contributed by atoms with Crippen molar-refractivity contribution in [2.24, 2.45) is 0 Å². The van der Waals surface area contributed by atoms with Crippen molar-refractivity contribution in [3.8, 4) is 5.75 Å². The largest absolute Gasteiger partial charge is 0.497 e. The van der Waals surface area contributed by atoms with E-state index in [1.807, 2.05) is 0 Å². The van der Waals surface area contributed by atoms with Gasteiger partial charge in [-0.3, -0.25) is 25.0 Å². The lowest BCUT2D eigenvalue weighted by atomic mass is 10.3. The average Bonchev–Trinajstić information content (AvgIpc) is 2.53. The summed E-state index contributed by atoms with van der Waals surface area (Å²) >= 11 is 0.